The van der Waals surface area contributed by atoms with Crippen LogP contribution in [0.25, 0.3) is 21.7 Å². The van der Waals surface area contributed by atoms with Crippen molar-refractivity contribution in [2.75, 3.05) is 0 Å². The standard InChI is InChI=1S/C13H7BrO2/c14-8-5-6-9-10-3-1-2-4-12(10)16-13(15)11(9)7-8/h1-7H. The maximum Gasteiger partial charge on any atom is 0.344 e. The summed E-state index contributed by atoms with van der Waals surface area (Å²) in [4.78, 5) is 11.8. The average molecular weight is 275 g/mol. The molecule has 3 heteroatoms. The second-order valence-electron chi connectivity index (χ2n) is 3.58. The SMILES string of the molecule is O=c1oc2ccccc2c2ccc(Br)cc12. The third kappa shape index (κ3) is 1.36. The van der Waals surface area contributed by atoms with E-state index in [2.05, 4.69) is 15.9 Å². The number of rotatable bonds is 0. The van der Waals surface area contributed by atoms with Crippen LogP contribution < -0.4 is 5.63 Å². The first kappa shape index (κ1) is 9.60. The molecule has 0 saturated heterocycles. The Morgan fingerprint density at radius 1 is 0.938 bits per heavy atom. The molecular formula is C13H7BrO2. The van der Waals surface area contributed by atoms with Gasteiger partial charge in [0, 0.05) is 9.86 Å². The first-order valence-electron chi connectivity index (χ1n) is 4.87. The van der Waals surface area contributed by atoms with Crippen molar-refractivity contribution in [2.24, 2.45) is 0 Å². The van der Waals surface area contributed by atoms with Crippen molar-refractivity contribution in [3.63, 3.8) is 0 Å². The Hall–Kier alpha value is -1.61. The second kappa shape index (κ2) is 3.46. The highest BCUT2D eigenvalue weighted by molar-refractivity contribution is 9.10. The molecule has 2 nitrogen and oxygen atoms in total. The molecule has 0 aliphatic rings. The molecule has 0 fully saturated rings. The van der Waals surface area contributed by atoms with Crippen LogP contribution in [0.15, 0.2) is 56.1 Å². The van der Waals surface area contributed by atoms with E-state index in [1.807, 2.05) is 30.3 Å². The molecule has 0 N–H and O–H groups in total. The highest BCUT2D eigenvalue weighted by atomic mass is 79.9. The van der Waals surface area contributed by atoms with Crippen molar-refractivity contribution in [3.05, 3.63) is 57.4 Å². The molecule has 0 atom stereocenters. The van der Waals surface area contributed by atoms with E-state index in [4.69, 9.17) is 4.42 Å². The molecule has 0 aliphatic carbocycles. The third-order valence-corrected chi connectivity index (χ3v) is 3.07. The lowest BCUT2D eigenvalue weighted by Crippen LogP contribution is -1.99. The molecule has 0 radical (unpaired) electrons. The van der Waals surface area contributed by atoms with Crippen LogP contribution in [0, 0.1) is 0 Å². The number of para-hydroxylation sites is 1. The Balaban J connectivity index is 2.65. The predicted octanol–water partition coefficient (Wildman–Crippen LogP) is 3.71. The summed E-state index contributed by atoms with van der Waals surface area (Å²) >= 11 is 3.35. The van der Waals surface area contributed by atoms with E-state index < -0.39 is 0 Å². The summed E-state index contributed by atoms with van der Waals surface area (Å²) in [6, 6.07) is 13.2. The highest BCUT2D eigenvalue weighted by Crippen LogP contribution is 2.24. The lowest BCUT2D eigenvalue weighted by molar-refractivity contribution is 0.569. The zero-order valence-corrected chi connectivity index (χ0v) is 9.82. The van der Waals surface area contributed by atoms with Gasteiger partial charge in [-0.3, -0.25) is 0 Å². The molecule has 0 spiro atoms. The third-order valence-electron chi connectivity index (χ3n) is 2.58. The van der Waals surface area contributed by atoms with Gasteiger partial charge in [0.25, 0.3) is 0 Å². The molecule has 0 bridgehead atoms. The van der Waals surface area contributed by atoms with Gasteiger partial charge < -0.3 is 4.42 Å². The van der Waals surface area contributed by atoms with Crippen molar-refractivity contribution in [1.82, 2.24) is 0 Å². The van der Waals surface area contributed by atoms with Crippen LogP contribution >= 0.6 is 15.9 Å². The molecule has 16 heavy (non-hydrogen) atoms. The van der Waals surface area contributed by atoms with Crippen LogP contribution in [0.4, 0.5) is 0 Å². The van der Waals surface area contributed by atoms with Crippen LogP contribution in [0.5, 0.6) is 0 Å². The Kier molecular flexibility index (Phi) is 2.07. The fraction of sp³-hybridized carbons (Fsp3) is 0. The molecule has 78 valence electrons. The number of fused-ring (bicyclic) bond motifs is 3. The van der Waals surface area contributed by atoms with E-state index in [1.165, 1.54) is 0 Å². The molecule has 0 aliphatic heterocycles. The minimum Gasteiger partial charge on any atom is -0.422 e. The summed E-state index contributed by atoms with van der Waals surface area (Å²) in [5, 5.41) is 2.49. The molecule has 1 aromatic heterocycles. The topological polar surface area (TPSA) is 30.2 Å². The van der Waals surface area contributed by atoms with E-state index >= 15 is 0 Å². The van der Waals surface area contributed by atoms with Crippen molar-refractivity contribution < 1.29 is 4.42 Å². The Morgan fingerprint density at radius 3 is 2.62 bits per heavy atom. The van der Waals surface area contributed by atoms with E-state index in [9.17, 15) is 4.79 Å². The molecule has 0 unspecified atom stereocenters. The van der Waals surface area contributed by atoms with Crippen LogP contribution in [0.3, 0.4) is 0 Å². The van der Waals surface area contributed by atoms with Crippen LogP contribution in [0.2, 0.25) is 0 Å². The average Bonchev–Trinajstić information content (AvgIpc) is 2.29. The van der Waals surface area contributed by atoms with Crippen LogP contribution in [-0.4, -0.2) is 0 Å². The molecule has 2 aromatic carbocycles. The van der Waals surface area contributed by atoms with Gasteiger partial charge in [0.05, 0.1) is 5.39 Å². The van der Waals surface area contributed by atoms with Gasteiger partial charge in [0.2, 0.25) is 0 Å². The fourth-order valence-electron chi connectivity index (χ4n) is 1.85. The highest BCUT2D eigenvalue weighted by Gasteiger charge is 2.06. The first-order chi connectivity index (χ1) is 7.75. The van der Waals surface area contributed by atoms with Crippen molar-refractivity contribution in [3.8, 4) is 0 Å². The Labute approximate surface area is 99.6 Å². The normalized spacial score (nSPS) is 11.1. The smallest absolute Gasteiger partial charge is 0.344 e. The van der Waals surface area contributed by atoms with Crippen LogP contribution in [-0.2, 0) is 0 Å². The van der Waals surface area contributed by atoms with Crippen molar-refractivity contribution in [2.45, 2.75) is 0 Å². The summed E-state index contributed by atoms with van der Waals surface area (Å²) in [5.74, 6) is 0. The predicted molar refractivity (Wildman–Crippen MR) is 67.7 cm³/mol. The zero-order chi connectivity index (χ0) is 11.1. The number of hydrogen-bond acceptors (Lipinski definition) is 2. The summed E-state index contributed by atoms with van der Waals surface area (Å²) in [6.07, 6.45) is 0. The summed E-state index contributed by atoms with van der Waals surface area (Å²) < 4.78 is 6.13. The molecule has 3 rings (SSSR count). The summed E-state index contributed by atoms with van der Waals surface area (Å²) in [5.41, 5.74) is 0.331. The number of benzene rings is 2. The van der Waals surface area contributed by atoms with Gasteiger partial charge in [-0.05, 0) is 23.6 Å². The monoisotopic (exact) mass is 274 g/mol. The molecule has 0 amide bonds. The Morgan fingerprint density at radius 2 is 1.75 bits per heavy atom. The van der Waals surface area contributed by atoms with Gasteiger partial charge in [-0.1, -0.05) is 40.2 Å². The lowest BCUT2D eigenvalue weighted by atomic mass is 10.1. The summed E-state index contributed by atoms with van der Waals surface area (Å²) in [6.45, 7) is 0. The number of halogens is 1. The van der Waals surface area contributed by atoms with Gasteiger partial charge in [-0.15, -0.1) is 0 Å². The quantitative estimate of drug-likeness (QED) is 0.462. The largest absolute Gasteiger partial charge is 0.422 e. The number of hydrogen-bond donors (Lipinski definition) is 0. The van der Waals surface area contributed by atoms with Gasteiger partial charge in [0.1, 0.15) is 5.58 Å². The summed E-state index contributed by atoms with van der Waals surface area (Å²) in [7, 11) is 0. The first-order valence-corrected chi connectivity index (χ1v) is 5.66. The fourth-order valence-corrected chi connectivity index (χ4v) is 2.21. The zero-order valence-electron chi connectivity index (χ0n) is 8.24. The van der Waals surface area contributed by atoms with Gasteiger partial charge >= 0.3 is 5.63 Å². The van der Waals surface area contributed by atoms with Gasteiger partial charge in [-0.2, -0.15) is 0 Å². The van der Waals surface area contributed by atoms with Crippen molar-refractivity contribution >= 4 is 37.7 Å². The maximum absolute atomic E-state index is 11.8. The van der Waals surface area contributed by atoms with E-state index in [-0.39, 0.29) is 5.63 Å². The van der Waals surface area contributed by atoms with E-state index in [1.54, 1.807) is 12.1 Å². The van der Waals surface area contributed by atoms with E-state index in [0.29, 0.717) is 11.0 Å². The van der Waals surface area contributed by atoms with Gasteiger partial charge in [-0.25, -0.2) is 4.79 Å². The van der Waals surface area contributed by atoms with E-state index in [0.717, 1.165) is 15.2 Å². The second-order valence-corrected chi connectivity index (χ2v) is 4.49. The molecule has 1 heterocycles. The molecule has 0 saturated carbocycles. The Bertz CT molecular complexity index is 744. The van der Waals surface area contributed by atoms with Crippen molar-refractivity contribution in [1.29, 1.82) is 0 Å². The lowest BCUT2D eigenvalue weighted by Gasteiger charge is -2.01. The minimum atomic E-state index is -0.296. The molecular weight excluding hydrogens is 268 g/mol. The maximum atomic E-state index is 11.8. The van der Waals surface area contributed by atoms with Crippen LogP contribution in [0.1, 0.15) is 0 Å². The van der Waals surface area contributed by atoms with Gasteiger partial charge in [0.15, 0.2) is 0 Å². The molecule has 3 aromatic rings. The minimum absolute atomic E-state index is 0.296.